The van der Waals surface area contributed by atoms with Crippen LogP contribution in [-0.4, -0.2) is 28.1 Å². The van der Waals surface area contributed by atoms with Gasteiger partial charge in [0.2, 0.25) is 0 Å². The van der Waals surface area contributed by atoms with Crippen molar-refractivity contribution >= 4 is 23.1 Å². The quantitative estimate of drug-likeness (QED) is 0.391. The minimum absolute atomic E-state index is 0.0785. The van der Waals surface area contributed by atoms with E-state index in [-0.39, 0.29) is 28.5 Å². The molecule has 0 saturated heterocycles. The first-order chi connectivity index (χ1) is 14.5. The Labute approximate surface area is 182 Å². The Bertz CT molecular complexity index is 1020. The van der Waals surface area contributed by atoms with Crippen molar-refractivity contribution in [1.29, 1.82) is 0 Å². The first-order valence-electron chi connectivity index (χ1n) is 10.3. The van der Waals surface area contributed by atoms with Gasteiger partial charge < -0.3 is 14.7 Å². The molecule has 0 aromatic heterocycles. The maximum absolute atomic E-state index is 13.3. The van der Waals surface area contributed by atoms with Gasteiger partial charge in [-0.15, -0.1) is 0 Å². The number of ether oxygens (including phenoxy) is 1. The van der Waals surface area contributed by atoms with Gasteiger partial charge in [0.1, 0.15) is 16.9 Å². The highest BCUT2D eigenvalue weighted by Crippen LogP contribution is 2.46. The van der Waals surface area contributed by atoms with Gasteiger partial charge in [-0.2, -0.15) is 0 Å². The lowest BCUT2D eigenvalue weighted by Crippen LogP contribution is -2.40. The number of anilines is 1. The number of benzene rings is 2. The highest BCUT2D eigenvalue weighted by molar-refractivity contribution is 6.02. The van der Waals surface area contributed by atoms with E-state index in [2.05, 4.69) is 13.8 Å². The molecular formula is C24H28N2O5. The van der Waals surface area contributed by atoms with E-state index in [0.29, 0.717) is 12.2 Å². The van der Waals surface area contributed by atoms with Crippen molar-refractivity contribution < 1.29 is 19.6 Å². The zero-order valence-electron chi connectivity index (χ0n) is 18.5. The lowest BCUT2D eigenvalue weighted by atomic mass is 9.87. The van der Waals surface area contributed by atoms with Gasteiger partial charge in [0.15, 0.2) is 0 Å². The summed E-state index contributed by atoms with van der Waals surface area (Å²) in [4.78, 5) is 26.1. The highest BCUT2D eigenvalue weighted by Gasteiger charge is 2.40. The highest BCUT2D eigenvalue weighted by atomic mass is 16.6. The first kappa shape index (κ1) is 22.3. The number of rotatable bonds is 5. The zero-order valence-corrected chi connectivity index (χ0v) is 18.5. The summed E-state index contributed by atoms with van der Waals surface area (Å²) in [5.41, 5.74) is 0.865. The number of hydrogen-bond acceptors (Lipinski definition) is 6. The molecule has 0 amide bonds. The molecule has 7 nitrogen and oxygen atoms in total. The SMILES string of the molecule is CC(C)CN1c2ccc([N+](=O)[O-])cc2C(O)=C(C(=O)OC(C)(C)C)C1c1ccccc1. The second-order valence-electron chi connectivity index (χ2n) is 9.08. The number of fused-ring (bicyclic) bond motifs is 1. The normalized spacial score (nSPS) is 16.3. The molecule has 0 aliphatic carbocycles. The van der Waals surface area contributed by atoms with Gasteiger partial charge in [0.25, 0.3) is 5.69 Å². The topological polar surface area (TPSA) is 92.9 Å². The number of nitro groups is 1. The molecule has 1 N–H and O–H groups in total. The molecule has 2 aromatic rings. The second-order valence-corrected chi connectivity index (χ2v) is 9.08. The van der Waals surface area contributed by atoms with Crippen LogP contribution >= 0.6 is 0 Å². The van der Waals surface area contributed by atoms with Crippen molar-refractivity contribution in [1.82, 2.24) is 0 Å². The van der Waals surface area contributed by atoms with Crippen LogP contribution < -0.4 is 4.90 Å². The summed E-state index contributed by atoms with van der Waals surface area (Å²) in [7, 11) is 0. The van der Waals surface area contributed by atoms with Crippen molar-refractivity contribution in [2.75, 3.05) is 11.4 Å². The Balaban J connectivity index is 2.29. The first-order valence-corrected chi connectivity index (χ1v) is 10.3. The maximum Gasteiger partial charge on any atom is 0.340 e. The van der Waals surface area contributed by atoms with E-state index in [9.17, 15) is 20.0 Å². The average Bonchev–Trinajstić information content (AvgIpc) is 2.68. The van der Waals surface area contributed by atoms with Crippen molar-refractivity contribution in [2.45, 2.75) is 46.3 Å². The smallest absolute Gasteiger partial charge is 0.340 e. The van der Waals surface area contributed by atoms with Crippen molar-refractivity contribution in [2.24, 2.45) is 5.92 Å². The number of non-ortho nitro benzene ring substituents is 1. The van der Waals surface area contributed by atoms with Crippen LogP contribution in [0.5, 0.6) is 0 Å². The fraction of sp³-hybridized carbons (Fsp3) is 0.375. The Hall–Kier alpha value is -3.35. The molecule has 2 aromatic carbocycles. The average molecular weight is 424 g/mol. The zero-order chi connectivity index (χ0) is 22.9. The number of nitrogens with zero attached hydrogens (tertiary/aromatic N) is 2. The lowest BCUT2D eigenvalue weighted by molar-refractivity contribution is -0.384. The molecular weight excluding hydrogens is 396 g/mol. The summed E-state index contributed by atoms with van der Waals surface area (Å²) in [5.74, 6) is -0.707. The molecule has 0 bridgehead atoms. The number of carbonyl (C=O) groups excluding carboxylic acids is 1. The van der Waals surface area contributed by atoms with E-state index < -0.39 is 22.5 Å². The van der Waals surface area contributed by atoms with Gasteiger partial charge in [0.05, 0.1) is 11.0 Å². The minimum atomic E-state index is -0.766. The number of nitro benzene ring substituents is 1. The van der Waals surface area contributed by atoms with Gasteiger partial charge >= 0.3 is 5.97 Å². The van der Waals surface area contributed by atoms with E-state index in [1.54, 1.807) is 26.8 Å². The van der Waals surface area contributed by atoms with Crippen LogP contribution in [0.1, 0.15) is 51.8 Å². The van der Waals surface area contributed by atoms with Crippen LogP contribution in [-0.2, 0) is 9.53 Å². The molecule has 0 fully saturated rings. The fourth-order valence-corrected chi connectivity index (χ4v) is 3.77. The number of carbonyl (C=O) groups is 1. The minimum Gasteiger partial charge on any atom is -0.507 e. The molecule has 7 heteroatoms. The second kappa shape index (κ2) is 8.41. The fourth-order valence-electron chi connectivity index (χ4n) is 3.77. The molecule has 0 spiro atoms. The molecule has 0 radical (unpaired) electrons. The van der Waals surface area contributed by atoms with Crippen LogP contribution in [0.2, 0.25) is 0 Å². The van der Waals surface area contributed by atoms with Crippen LogP contribution in [0.3, 0.4) is 0 Å². The molecule has 1 aliphatic rings. The van der Waals surface area contributed by atoms with Gasteiger partial charge in [-0.25, -0.2) is 4.79 Å². The number of aliphatic hydroxyl groups is 1. The third-order valence-corrected chi connectivity index (χ3v) is 4.89. The number of esters is 1. The van der Waals surface area contributed by atoms with Crippen LogP contribution in [0.25, 0.3) is 5.76 Å². The van der Waals surface area contributed by atoms with Crippen molar-refractivity contribution in [3.05, 3.63) is 75.3 Å². The summed E-state index contributed by atoms with van der Waals surface area (Å²) in [6.07, 6.45) is 0. The lowest BCUT2D eigenvalue weighted by Gasteiger charge is -2.41. The van der Waals surface area contributed by atoms with E-state index >= 15 is 0 Å². The standard InChI is InChI=1S/C24H28N2O5/c1-15(2)14-25-19-12-11-17(26(29)30)13-18(19)22(27)20(23(28)31-24(3,4)5)21(25)16-9-7-6-8-10-16/h6-13,15,21,27H,14H2,1-5H3. The van der Waals surface area contributed by atoms with E-state index in [4.69, 9.17) is 4.74 Å². The van der Waals surface area contributed by atoms with Gasteiger partial charge in [0, 0.05) is 29.9 Å². The summed E-state index contributed by atoms with van der Waals surface area (Å²) in [5, 5.41) is 22.6. The molecule has 1 aliphatic heterocycles. The van der Waals surface area contributed by atoms with E-state index in [0.717, 1.165) is 5.56 Å². The number of aliphatic hydroxyl groups excluding tert-OH is 1. The monoisotopic (exact) mass is 424 g/mol. The van der Waals surface area contributed by atoms with Crippen molar-refractivity contribution in [3.63, 3.8) is 0 Å². The molecule has 31 heavy (non-hydrogen) atoms. The molecule has 1 unspecified atom stereocenters. The summed E-state index contributed by atoms with van der Waals surface area (Å²) in [6, 6.07) is 13.2. The Kier molecular flexibility index (Phi) is 6.06. The number of hydrogen-bond donors (Lipinski definition) is 1. The predicted molar refractivity (Wildman–Crippen MR) is 120 cm³/mol. The Morgan fingerprint density at radius 3 is 2.39 bits per heavy atom. The Morgan fingerprint density at radius 1 is 1.19 bits per heavy atom. The van der Waals surface area contributed by atoms with Crippen LogP contribution in [0.4, 0.5) is 11.4 Å². The van der Waals surface area contributed by atoms with Crippen LogP contribution in [0, 0.1) is 16.0 Å². The third kappa shape index (κ3) is 4.71. The summed E-state index contributed by atoms with van der Waals surface area (Å²) in [6.45, 7) is 9.95. The van der Waals surface area contributed by atoms with E-state index in [1.807, 2.05) is 35.2 Å². The summed E-state index contributed by atoms with van der Waals surface area (Å²) >= 11 is 0. The van der Waals surface area contributed by atoms with Gasteiger partial charge in [-0.05, 0) is 38.3 Å². The molecule has 3 rings (SSSR count). The largest absolute Gasteiger partial charge is 0.507 e. The molecule has 0 saturated carbocycles. The van der Waals surface area contributed by atoms with E-state index in [1.165, 1.54) is 12.1 Å². The maximum atomic E-state index is 13.3. The third-order valence-electron chi connectivity index (χ3n) is 4.89. The van der Waals surface area contributed by atoms with Crippen LogP contribution in [0.15, 0.2) is 54.1 Å². The molecule has 1 atom stereocenters. The molecule has 1 heterocycles. The summed E-state index contributed by atoms with van der Waals surface area (Å²) < 4.78 is 5.63. The Morgan fingerprint density at radius 2 is 1.84 bits per heavy atom. The van der Waals surface area contributed by atoms with Gasteiger partial charge in [-0.1, -0.05) is 44.2 Å². The predicted octanol–water partition coefficient (Wildman–Crippen LogP) is 5.42. The van der Waals surface area contributed by atoms with Gasteiger partial charge in [-0.3, -0.25) is 10.1 Å². The van der Waals surface area contributed by atoms with Crippen molar-refractivity contribution in [3.8, 4) is 0 Å². The molecule has 164 valence electrons.